The van der Waals surface area contributed by atoms with E-state index in [4.69, 9.17) is 34.8 Å². The van der Waals surface area contributed by atoms with Crippen molar-refractivity contribution >= 4 is 46.3 Å². The van der Waals surface area contributed by atoms with E-state index in [2.05, 4.69) is 4.90 Å². The number of nitrogens with zero attached hydrogens (tertiary/aromatic N) is 2. The van der Waals surface area contributed by atoms with Crippen LogP contribution in [0.5, 0.6) is 0 Å². The van der Waals surface area contributed by atoms with Crippen LogP contribution in [0.4, 0.5) is 5.69 Å². The van der Waals surface area contributed by atoms with Crippen LogP contribution in [0.3, 0.4) is 0 Å². The molecule has 1 aliphatic heterocycles. The summed E-state index contributed by atoms with van der Waals surface area (Å²) in [5.74, 6) is 0.0699. The van der Waals surface area contributed by atoms with Crippen molar-refractivity contribution in [3.05, 3.63) is 62.6 Å². The summed E-state index contributed by atoms with van der Waals surface area (Å²) in [6.45, 7) is 2.85. The molecular formula is C20H21Cl3N2O. The van der Waals surface area contributed by atoms with Crippen molar-refractivity contribution in [3.63, 3.8) is 0 Å². The van der Waals surface area contributed by atoms with Crippen molar-refractivity contribution in [1.29, 1.82) is 0 Å². The molecule has 1 atom stereocenters. The van der Waals surface area contributed by atoms with Crippen LogP contribution in [0, 0.1) is 0 Å². The first kappa shape index (κ1) is 19.5. The fraction of sp³-hybridized carbons (Fsp3) is 0.350. The Balaban J connectivity index is 2.26. The van der Waals surface area contributed by atoms with Gasteiger partial charge in [0.1, 0.15) is 5.54 Å². The molecule has 0 aliphatic carbocycles. The van der Waals surface area contributed by atoms with E-state index in [0.717, 1.165) is 23.2 Å². The Labute approximate surface area is 169 Å². The van der Waals surface area contributed by atoms with Crippen molar-refractivity contribution < 1.29 is 4.79 Å². The van der Waals surface area contributed by atoms with E-state index in [1.54, 1.807) is 13.0 Å². The lowest BCUT2D eigenvalue weighted by Crippen LogP contribution is -2.60. The smallest absolute Gasteiger partial charge is 0.161 e. The lowest BCUT2D eigenvalue weighted by molar-refractivity contribution is -0.123. The van der Waals surface area contributed by atoms with Crippen LogP contribution in [0.25, 0.3) is 0 Å². The Morgan fingerprint density at radius 2 is 1.85 bits per heavy atom. The van der Waals surface area contributed by atoms with Crippen LogP contribution < -0.4 is 4.90 Å². The summed E-state index contributed by atoms with van der Waals surface area (Å²) in [7, 11) is 3.94. The van der Waals surface area contributed by atoms with Gasteiger partial charge in [0.15, 0.2) is 5.78 Å². The highest BCUT2D eigenvalue weighted by atomic mass is 35.5. The SMILES string of the molecule is CC(=O)C1(CN(C)C)c2cccc(Cl)c2CCN1c1ccc(Cl)c(Cl)c1. The van der Waals surface area contributed by atoms with Gasteiger partial charge in [0.25, 0.3) is 0 Å². The number of anilines is 1. The molecule has 3 rings (SSSR count). The Hall–Kier alpha value is -1.26. The van der Waals surface area contributed by atoms with E-state index in [0.29, 0.717) is 28.2 Å². The molecule has 0 amide bonds. The summed E-state index contributed by atoms with van der Waals surface area (Å²) < 4.78 is 0. The highest BCUT2D eigenvalue weighted by molar-refractivity contribution is 6.42. The van der Waals surface area contributed by atoms with E-state index >= 15 is 0 Å². The minimum absolute atomic E-state index is 0.0699. The molecule has 26 heavy (non-hydrogen) atoms. The molecule has 138 valence electrons. The second-order valence-corrected chi connectivity index (χ2v) is 8.14. The number of carbonyl (C=O) groups is 1. The van der Waals surface area contributed by atoms with Gasteiger partial charge in [0, 0.05) is 23.8 Å². The van der Waals surface area contributed by atoms with Crippen LogP contribution in [0.15, 0.2) is 36.4 Å². The van der Waals surface area contributed by atoms with Gasteiger partial charge in [-0.05, 0) is 62.8 Å². The van der Waals surface area contributed by atoms with E-state index in [9.17, 15) is 4.79 Å². The topological polar surface area (TPSA) is 23.6 Å². The number of fused-ring (bicyclic) bond motifs is 1. The second kappa shape index (κ2) is 7.40. The van der Waals surface area contributed by atoms with Crippen LogP contribution >= 0.6 is 34.8 Å². The van der Waals surface area contributed by atoms with E-state index in [1.807, 2.05) is 49.3 Å². The molecule has 0 radical (unpaired) electrons. The molecule has 6 heteroatoms. The number of ketones is 1. The Bertz CT molecular complexity index is 853. The molecule has 0 N–H and O–H groups in total. The van der Waals surface area contributed by atoms with Crippen LogP contribution in [-0.4, -0.2) is 37.9 Å². The maximum atomic E-state index is 13.1. The summed E-state index contributed by atoms with van der Waals surface area (Å²) in [6.07, 6.45) is 0.762. The Kier molecular flexibility index (Phi) is 5.55. The molecule has 1 aliphatic rings. The summed E-state index contributed by atoms with van der Waals surface area (Å²) in [5.41, 5.74) is 2.05. The standard InChI is InChI=1S/C20H21Cl3N2O/c1-13(26)20(12-24(2)3)16-5-4-6-17(21)15(16)9-10-25(20)14-7-8-18(22)19(23)11-14/h4-8,11H,9-10,12H2,1-3H3. The fourth-order valence-corrected chi connectivity index (χ4v) is 4.44. The molecule has 0 bridgehead atoms. The molecule has 0 fully saturated rings. The van der Waals surface area contributed by atoms with Crippen LogP contribution in [0.1, 0.15) is 18.1 Å². The third-order valence-corrected chi connectivity index (χ3v) is 6.05. The van der Waals surface area contributed by atoms with Gasteiger partial charge in [0.05, 0.1) is 10.0 Å². The number of likely N-dealkylation sites (N-methyl/N-ethyl adjacent to an activating group) is 1. The molecule has 0 saturated heterocycles. The lowest BCUT2D eigenvalue weighted by Gasteiger charge is -2.49. The van der Waals surface area contributed by atoms with Crippen molar-refractivity contribution in [1.82, 2.24) is 4.90 Å². The Morgan fingerprint density at radius 1 is 1.12 bits per heavy atom. The summed E-state index contributed by atoms with van der Waals surface area (Å²) in [5, 5.41) is 1.68. The number of hydrogen-bond donors (Lipinski definition) is 0. The zero-order valence-electron chi connectivity index (χ0n) is 15.0. The number of halogens is 3. The van der Waals surface area contributed by atoms with E-state index in [-0.39, 0.29) is 5.78 Å². The molecule has 1 unspecified atom stereocenters. The van der Waals surface area contributed by atoms with Crippen molar-refractivity contribution in [2.75, 3.05) is 32.1 Å². The number of rotatable bonds is 4. The molecule has 0 spiro atoms. The molecule has 0 saturated carbocycles. The highest BCUT2D eigenvalue weighted by Gasteiger charge is 2.47. The van der Waals surface area contributed by atoms with E-state index in [1.165, 1.54) is 0 Å². The molecular weight excluding hydrogens is 391 g/mol. The lowest BCUT2D eigenvalue weighted by atomic mass is 9.77. The van der Waals surface area contributed by atoms with Gasteiger partial charge >= 0.3 is 0 Å². The quantitative estimate of drug-likeness (QED) is 0.703. The average molecular weight is 412 g/mol. The zero-order chi connectivity index (χ0) is 19.1. The first-order valence-corrected chi connectivity index (χ1v) is 9.57. The van der Waals surface area contributed by atoms with Gasteiger partial charge in [-0.3, -0.25) is 4.79 Å². The number of hydrogen-bond acceptors (Lipinski definition) is 3. The molecule has 2 aromatic carbocycles. The molecule has 2 aromatic rings. The second-order valence-electron chi connectivity index (χ2n) is 6.92. The minimum Gasteiger partial charge on any atom is -0.354 e. The molecule has 1 heterocycles. The Morgan fingerprint density at radius 3 is 2.46 bits per heavy atom. The third kappa shape index (κ3) is 3.22. The molecule has 3 nitrogen and oxygen atoms in total. The first-order chi connectivity index (χ1) is 12.3. The van der Waals surface area contributed by atoms with Crippen molar-refractivity contribution in [2.24, 2.45) is 0 Å². The van der Waals surface area contributed by atoms with Gasteiger partial charge in [-0.1, -0.05) is 46.9 Å². The monoisotopic (exact) mass is 410 g/mol. The van der Waals surface area contributed by atoms with Crippen molar-refractivity contribution in [3.8, 4) is 0 Å². The van der Waals surface area contributed by atoms with Crippen LogP contribution in [0.2, 0.25) is 15.1 Å². The van der Waals surface area contributed by atoms with Gasteiger partial charge in [-0.2, -0.15) is 0 Å². The predicted molar refractivity (Wildman–Crippen MR) is 110 cm³/mol. The average Bonchev–Trinajstić information content (AvgIpc) is 2.57. The third-order valence-electron chi connectivity index (χ3n) is 4.95. The normalized spacial score (nSPS) is 19.6. The first-order valence-electron chi connectivity index (χ1n) is 8.43. The predicted octanol–water partition coefficient (Wildman–Crippen LogP) is 5.06. The maximum absolute atomic E-state index is 13.1. The number of carbonyl (C=O) groups excluding carboxylic acids is 1. The maximum Gasteiger partial charge on any atom is 0.161 e. The highest BCUT2D eigenvalue weighted by Crippen LogP contribution is 2.43. The van der Waals surface area contributed by atoms with Crippen LogP contribution in [-0.2, 0) is 16.8 Å². The van der Waals surface area contributed by atoms with Gasteiger partial charge in [-0.15, -0.1) is 0 Å². The van der Waals surface area contributed by atoms with Gasteiger partial charge in [-0.25, -0.2) is 0 Å². The fourth-order valence-electron chi connectivity index (χ4n) is 3.88. The minimum atomic E-state index is -0.834. The van der Waals surface area contributed by atoms with E-state index < -0.39 is 5.54 Å². The summed E-state index contributed by atoms with van der Waals surface area (Å²) >= 11 is 18.8. The van der Waals surface area contributed by atoms with Crippen molar-refractivity contribution in [2.45, 2.75) is 18.9 Å². The zero-order valence-corrected chi connectivity index (χ0v) is 17.3. The number of benzene rings is 2. The molecule has 0 aromatic heterocycles. The largest absolute Gasteiger partial charge is 0.354 e. The summed E-state index contributed by atoms with van der Waals surface area (Å²) in [4.78, 5) is 17.3. The van der Waals surface area contributed by atoms with Gasteiger partial charge < -0.3 is 9.80 Å². The van der Waals surface area contributed by atoms with Gasteiger partial charge in [0.2, 0.25) is 0 Å². The number of Topliss-reactive ketones (excluding diaryl/α,β-unsaturated/α-hetero) is 1. The summed E-state index contributed by atoms with van der Waals surface area (Å²) in [6, 6.07) is 11.3.